The summed E-state index contributed by atoms with van der Waals surface area (Å²) in [6.45, 7) is -0.605. The summed E-state index contributed by atoms with van der Waals surface area (Å²) in [4.78, 5) is 45.0. The van der Waals surface area contributed by atoms with Gasteiger partial charge in [0.25, 0.3) is 5.91 Å². The van der Waals surface area contributed by atoms with E-state index in [1.54, 1.807) is 24.3 Å². The molecule has 3 N–H and O–H groups in total. The van der Waals surface area contributed by atoms with Gasteiger partial charge in [-0.3, -0.25) is 14.4 Å². The van der Waals surface area contributed by atoms with Crippen LogP contribution in [0.25, 0.3) is 0 Å². The lowest BCUT2D eigenvalue weighted by molar-refractivity contribution is -0.125. The number of benzene rings is 1. The maximum absolute atomic E-state index is 11.7. The second-order valence-electron chi connectivity index (χ2n) is 3.98. The number of hydrogen-bond acceptors (Lipinski definition) is 5. The lowest BCUT2D eigenvalue weighted by atomic mass is 10.2. The highest BCUT2D eigenvalue weighted by atomic mass is 32.1. The van der Waals surface area contributed by atoms with Crippen LogP contribution in [0.3, 0.4) is 0 Å². The molecule has 0 spiro atoms. The van der Waals surface area contributed by atoms with Gasteiger partial charge in [0.05, 0.1) is 19.6 Å². The van der Waals surface area contributed by atoms with Crippen molar-refractivity contribution in [2.24, 2.45) is 0 Å². The molecule has 0 saturated heterocycles. The molecule has 21 heavy (non-hydrogen) atoms. The zero-order valence-electron chi connectivity index (χ0n) is 11.1. The van der Waals surface area contributed by atoms with Crippen LogP contribution < -0.4 is 16.0 Å². The van der Waals surface area contributed by atoms with Gasteiger partial charge in [0, 0.05) is 10.5 Å². The lowest BCUT2D eigenvalue weighted by Gasteiger charge is -2.07. The van der Waals surface area contributed by atoms with Crippen LogP contribution in [0.5, 0.6) is 0 Å². The highest BCUT2D eigenvalue weighted by molar-refractivity contribution is 7.80. The molecule has 1 rings (SSSR count). The van der Waals surface area contributed by atoms with E-state index in [2.05, 4.69) is 28.6 Å². The minimum Gasteiger partial charge on any atom is -0.348 e. The van der Waals surface area contributed by atoms with Crippen molar-refractivity contribution in [3.8, 4) is 0 Å². The van der Waals surface area contributed by atoms with Crippen molar-refractivity contribution in [3.05, 3.63) is 29.8 Å². The third-order valence-corrected chi connectivity index (χ3v) is 2.67. The minimum absolute atomic E-state index is 0.105. The Hall–Kier alpha value is -2.35. The van der Waals surface area contributed by atoms with E-state index in [4.69, 9.17) is 0 Å². The van der Waals surface area contributed by atoms with Gasteiger partial charge in [0.1, 0.15) is 6.29 Å². The van der Waals surface area contributed by atoms with Gasteiger partial charge < -0.3 is 20.7 Å². The monoisotopic (exact) mass is 309 g/mol. The molecule has 0 aliphatic heterocycles. The van der Waals surface area contributed by atoms with Crippen molar-refractivity contribution in [1.29, 1.82) is 0 Å². The molecule has 0 saturated carbocycles. The molecule has 0 radical (unpaired) electrons. The number of rotatable bonds is 7. The number of amides is 3. The van der Waals surface area contributed by atoms with E-state index in [0.717, 1.165) is 4.90 Å². The molecule has 112 valence electrons. The van der Waals surface area contributed by atoms with Crippen molar-refractivity contribution in [2.45, 2.75) is 4.90 Å². The van der Waals surface area contributed by atoms with Crippen molar-refractivity contribution in [1.82, 2.24) is 16.0 Å². The van der Waals surface area contributed by atoms with Gasteiger partial charge in [-0.05, 0) is 24.3 Å². The molecular formula is C13H15N3O4S. The average Bonchev–Trinajstić information content (AvgIpc) is 2.49. The highest BCUT2D eigenvalue weighted by Gasteiger charge is 2.08. The molecule has 8 heteroatoms. The number of aldehydes is 1. The van der Waals surface area contributed by atoms with Crippen LogP contribution >= 0.6 is 12.6 Å². The molecule has 7 nitrogen and oxygen atoms in total. The largest absolute Gasteiger partial charge is 0.348 e. The molecule has 0 aromatic heterocycles. The fourth-order valence-corrected chi connectivity index (χ4v) is 1.48. The van der Waals surface area contributed by atoms with Crippen LogP contribution in [-0.2, 0) is 14.4 Å². The molecule has 1 aromatic carbocycles. The third-order valence-electron chi connectivity index (χ3n) is 2.37. The number of carbonyl (C=O) groups is 4. The van der Waals surface area contributed by atoms with Crippen LogP contribution in [0.1, 0.15) is 10.4 Å². The molecule has 0 bridgehead atoms. The number of hydrogen-bond donors (Lipinski definition) is 4. The predicted molar refractivity (Wildman–Crippen MR) is 78.1 cm³/mol. The van der Waals surface area contributed by atoms with Crippen LogP contribution in [-0.4, -0.2) is 43.6 Å². The first kappa shape index (κ1) is 16.7. The Morgan fingerprint density at radius 1 is 0.952 bits per heavy atom. The van der Waals surface area contributed by atoms with Gasteiger partial charge >= 0.3 is 0 Å². The summed E-state index contributed by atoms with van der Waals surface area (Å²) < 4.78 is 0. The highest BCUT2D eigenvalue weighted by Crippen LogP contribution is 2.07. The Morgan fingerprint density at radius 3 is 2.14 bits per heavy atom. The van der Waals surface area contributed by atoms with E-state index in [1.165, 1.54) is 0 Å². The lowest BCUT2D eigenvalue weighted by Crippen LogP contribution is -2.42. The number of carbonyl (C=O) groups excluding carboxylic acids is 4. The van der Waals surface area contributed by atoms with Crippen LogP contribution in [0.2, 0.25) is 0 Å². The van der Waals surface area contributed by atoms with Crippen molar-refractivity contribution >= 4 is 36.6 Å². The summed E-state index contributed by atoms with van der Waals surface area (Å²) in [5.41, 5.74) is 0.407. The van der Waals surface area contributed by atoms with Gasteiger partial charge in [0.15, 0.2) is 0 Å². The summed E-state index contributed by atoms with van der Waals surface area (Å²) in [7, 11) is 0. The van der Waals surface area contributed by atoms with E-state index < -0.39 is 17.7 Å². The predicted octanol–water partition coefficient (Wildman–Crippen LogP) is -0.864. The van der Waals surface area contributed by atoms with Crippen molar-refractivity contribution in [2.75, 3.05) is 19.6 Å². The first-order valence-electron chi connectivity index (χ1n) is 6.07. The Bertz CT molecular complexity index is 531. The molecular weight excluding hydrogens is 294 g/mol. The van der Waals surface area contributed by atoms with Crippen LogP contribution in [0, 0.1) is 0 Å². The maximum Gasteiger partial charge on any atom is 0.251 e. The zero-order chi connectivity index (χ0) is 15.7. The van der Waals surface area contributed by atoms with Gasteiger partial charge in [-0.1, -0.05) is 0 Å². The quantitative estimate of drug-likeness (QED) is 0.388. The fraction of sp³-hybridized carbons (Fsp3) is 0.231. The maximum atomic E-state index is 11.7. The fourth-order valence-electron chi connectivity index (χ4n) is 1.33. The Morgan fingerprint density at radius 2 is 1.52 bits per heavy atom. The molecule has 0 atom stereocenters. The van der Waals surface area contributed by atoms with E-state index in [0.29, 0.717) is 11.8 Å². The van der Waals surface area contributed by atoms with Gasteiger partial charge in [-0.15, -0.1) is 12.6 Å². The van der Waals surface area contributed by atoms with Gasteiger partial charge in [-0.2, -0.15) is 0 Å². The Labute approximate surface area is 126 Å². The van der Waals surface area contributed by atoms with Gasteiger partial charge in [-0.25, -0.2) is 0 Å². The van der Waals surface area contributed by atoms with E-state index in [-0.39, 0.29) is 19.6 Å². The van der Waals surface area contributed by atoms with E-state index in [1.807, 2.05) is 0 Å². The van der Waals surface area contributed by atoms with Crippen molar-refractivity contribution in [3.63, 3.8) is 0 Å². The first-order chi connectivity index (χ1) is 10.0. The van der Waals surface area contributed by atoms with Gasteiger partial charge in [0.2, 0.25) is 11.8 Å². The topological polar surface area (TPSA) is 104 Å². The molecule has 0 heterocycles. The zero-order valence-corrected chi connectivity index (χ0v) is 12.0. The third kappa shape index (κ3) is 6.57. The van der Waals surface area contributed by atoms with Crippen LogP contribution in [0.15, 0.2) is 29.2 Å². The van der Waals surface area contributed by atoms with Crippen LogP contribution in [0.4, 0.5) is 0 Å². The summed E-state index contributed by atoms with van der Waals surface area (Å²) in [6.07, 6.45) is 0.538. The van der Waals surface area contributed by atoms with E-state index in [9.17, 15) is 19.2 Å². The molecule has 3 amide bonds. The average molecular weight is 309 g/mol. The minimum atomic E-state index is -0.504. The first-order valence-corrected chi connectivity index (χ1v) is 6.52. The molecule has 1 aromatic rings. The molecule has 0 unspecified atom stereocenters. The van der Waals surface area contributed by atoms with E-state index >= 15 is 0 Å². The smallest absolute Gasteiger partial charge is 0.251 e. The second-order valence-corrected chi connectivity index (χ2v) is 4.49. The normalized spacial score (nSPS) is 9.57. The number of nitrogens with one attached hydrogen (secondary N) is 3. The molecule has 0 aliphatic rings. The van der Waals surface area contributed by atoms with Crippen molar-refractivity contribution < 1.29 is 19.2 Å². The summed E-state index contributed by atoms with van der Waals surface area (Å²) in [5.74, 6) is -1.38. The Balaban J connectivity index is 2.29. The Kier molecular flexibility index (Phi) is 6.96. The number of thiol groups is 1. The summed E-state index contributed by atoms with van der Waals surface area (Å²) in [6, 6.07) is 6.50. The summed E-state index contributed by atoms with van der Waals surface area (Å²) >= 11 is 4.10. The molecule has 0 aliphatic carbocycles. The molecule has 0 fully saturated rings. The standard InChI is InChI=1S/C13H15N3O4S/c17-6-5-14-11(18)7-15-12(19)8-16-13(20)9-1-3-10(21)4-2-9/h1-4,6,21H,5,7-8H2,(H,14,18)(H,15,19)(H,16,20). The SMILES string of the molecule is O=CCNC(=O)CNC(=O)CNC(=O)c1ccc(S)cc1. The summed E-state index contributed by atoms with van der Waals surface area (Å²) in [5, 5.41) is 7.00. The second kappa shape index (κ2) is 8.75.